The second-order valence-corrected chi connectivity index (χ2v) is 6.02. The van der Waals surface area contributed by atoms with Crippen LogP contribution in [-0.4, -0.2) is 43.0 Å². The summed E-state index contributed by atoms with van der Waals surface area (Å²) < 4.78 is 0. The predicted molar refractivity (Wildman–Crippen MR) is 94.9 cm³/mol. The third-order valence-corrected chi connectivity index (χ3v) is 3.70. The summed E-state index contributed by atoms with van der Waals surface area (Å²) in [4.78, 5) is 18.2. The average Bonchev–Trinajstić information content (AvgIpc) is 2.51. The monoisotopic (exact) mass is 352 g/mol. The Hall–Kier alpha value is -1.82. The summed E-state index contributed by atoms with van der Waals surface area (Å²) in [5.74, 6) is -0.222. The highest BCUT2D eigenvalue weighted by Gasteiger charge is 2.10. The van der Waals surface area contributed by atoms with Crippen LogP contribution >= 0.6 is 23.2 Å². The summed E-state index contributed by atoms with van der Waals surface area (Å²) in [6, 6.07) is 8.66. The molecule has 7 heteroatoms. The number of carbonyl (C=O) groups excluding carboxylic acids is 1. The molecule has 0 aliphatic carbocycles. The van der Waals surface area contributed by atoms with Gasteiger partial charge in [-0.05, 0) is 38.4 Å². The molecule has 0 unspecified atom stereocenters. The maximum Gasteiger partial charge on any atom is 0.269 e. The maximum atomic E-state index is 12.1. The summed E-state index contributed by atoms with van der Waals surface area (Å²) >= 11 is 12.3. The van der Waals surface area contributed by atoms with Crippen LogP contribution < -0.4 is 10.6 Å². The van der Waals surface area contributed by atoms with E-state index in [2.05, 4.69) is 15.6 Å². The van der Waals surface area contributed by atoms with E-state index in [-0.39, 0.29) is 5.91 Å². The molecule has 122 valence electrons. The molecule has 0 bridgehead atoms. The second kappa shape index (κ2) is 8.15. The van der Waals surface area contributed by atoms with Crippen molar-refractivity contribution in [3.8, 4) is 0 Å². The number of benzene rings is 1. The van der Waals surface area contributed by atoms with Gasteiger partial charge in [0.2, 0.25) is 0 Å². The van der Waals surface area contributed by atoms with Crippen LogP contribution in [0.5, 0.6) is 0 Å². The number of carbonyl (C=O) groups is 1. The Morgan fingerprint density at radius 2 is 1.91 bits per heavy atom. The van der Waals surface area contributed by atoms with E-state index < -0.39 is 0 Å². The number of nitrogens with zero attached hydrogens (tertiary/aromatic N) is 2. The number of pyridine rings is 1. The van der Waals surface area contributed by atoms with Crippen LogP contribution in [0.1, 0.15) is 10.5 Å². The lowest BCUT2D eigenvalue weighted by atomic mass is 10.2. The zero-order chi connectivity index (χ0) is 16.8. The van der Waals surface area contributed by atoms with Crippen LogP contribution in [-0.2, 0) is 0 Å². The molecule has 0 atom stereocenters. The standard InChI is InChI=1S/C16H18Cl2N4O/c1-22(2)9-8-20-16(23)14-10-11(6-7-19-14)21-15-12(17)4-3-5-13(15)18/h3-7,10H,8-9H2,1-2H3,(H,19,21)(H,20,23). The highest BCUT2D eigenvalue weighted by atomic mass is 35.5. The Morgan fingerprint density at radius 1 is 1.22 bits per heavy atom. The average molecular weight is 353 g/mol. The minimum absolute atomic E-state index is 0.222. The van der Waals surface area contributed by atoms with E-state index >= 15 is 0 Å². The molecule has 0 spiro atoms. The minimum Gasteiger partial charge on any atom is -0.353 e. The first-order valence-corrected chi connectivity index (χ1v) is 7.83. The zero-order valence-electron chi connectivity index (χ0n) is 12.9. The number of likely N-dealkylation sites (N-methyl/N-ethyl adjacent to an activating group) is 1. The normalized spacial score (nSPS) is 10.7. The van der Waals surface area contributed by atoms with Gasteiger partial charge in [0.25, 0.3) is 5.91 Å². The van der Waals surface area contributed by atoms with Crippen molar-refractivity contribution in [1.82, 2.24) is 15.2 Å². The van der Waals surface area contributed by atoms with E-state index in [0.717, 1.165) is 6.54 Å². The number of rotatable bonds is 6. The topological polar surface area (TPSA) is 57.3 Å². The first-order valence-electron chi connectivity index (χ1n) is 7.07. The summed E-state index contributed by atoms with van der Waals surface area (Å²) in [6.45, 7) is 1.32. The summed E-state index contributed by atoms with van der Waals surface area (Å²) in [6.07, 6.45) is 1.56. The van der Waals surface area contributed by atoms with Crippen LogP contribution in [0.15, 0.2) is 36.5 Å². The first-order chi connectivity index (χ1) is 11.0. The van der Waals surface area contributed by atoms with Gasteiger partial charge in [-0.1, -0.05) is 29.3 Å². The van der Waals surface area contributed by atoms with Crippen molar-refractivity contribution in [2.75, 3.05) is 32.5 Å². The van der Waals surface area contributed by atoms with Crippen LogP contribution in [0.4, 0.5) is 11.4 Å². The summed E-state index contributed by atoms with van der Waals surface area (Å²) in [5.41, 5.74) is 1.62. The molecule has 0 fully saturated rings. The van der Waals surface area contributed by atoms with Crippen molar-refractivity contribution in [3.63, 3.8) is 0 Å². The van der Waals surface area contributed by atoms with Gasteiger partial charge in [0.05, 0.1) is 15.7 Å². The molecular weight excluding hydrogens is 335 g/mol. The van der Waals surface area contributed by atoms with Crippen LogP contribution in [0, 0.1) is 0 Å². The molecule has 1 aromatic carbocycles. The Kier molecular flexibility index (Phi) is 6.21. The molecule has 2 N–H and O–H groups in total. The van der Waals surface area contributed by atoms with E-state index in [9.17, 15) is 4.79 Å². The SMILES string of the molecule is CN(C)CCNC(=O)c1cc(Nc2c(Cl)cccc2Cl)ccn1. The molecule has 0 radical (unpaired) electrons. The molecule has 1 heterocycles. The lowest BCUT2D eigenvalue weighted by molar-refractivity contribution is 0.0946. The maximum absolute atomic E-state index is 12.1. The Balaban J connectivity index is 2.09. The summed E-state index contributed by atoms with van der Waals surface area (Å²) in [7, 11) is 3.89. The van der Waals surface area contributed by atoms with Gasteiger partial charge in [0.1, 0.15) is 5.69 Å². The number of anilines is 2. The third-order valence-electron chi connectivity index (χ3n) is 3.07. The fraction of sp³-hybridized carbons (Fsp3) is 0.250. The molecule has 2 rings (SSSR count). The van der Waals surface area contributed by atoms with Gasteiger partial charge in [0, 0.05) is 25.0 Å². The fourth-order valence-corrected chi connectivity index (χ4v) is 2.37. The molecule has 1 aromatic heterocycles. The number of aromatic nitrogens is 1. The summed E-state index contributed by atoms with van der Waals surface area (Å²) in [5, 5.41) is 6.95. The van der Waals surface area contributed by atoms with E-state index in [1.807, 2.05) is 19.0 Å². The van der Waals surface area contributed by atoms with Crippen molar-refractivity contribution in [2.45, 2.75) is 0 Å². The van der Waals surface area contributed by atoms with Crippen molar-refractivity contribution in [3.05, 3.63) is 52.3 Å². The number of hydrogen-bond donors (Lipinski definition) is 2. The number of halogens is 2. The van der Waals surface area contributed by atoms with Gasteiger partial charge in [-0.25, -0.2) is 0 Å². The van der Waals surface area contributed by atoms with E-state index in [1.165, 1.54) is 0 Å². The van der Waals surface area contributed by atoms with Crippen molar-refractivity contribution < 1.29 is 4.79 Å². The van der Waals surface area contributed by atoms with Crippen LogP contribution in [0.2, 0.25) is 10.0 Å². The molecule has 0 saturated heterocycles. The molecule has 0 aliphatic heterocycles. The third kappa shape index (κ3) is 5.10. The molecule has 1 amide bonds. The van der Waals surface area contributed by atoms with Crippen molar-refractivity contribution in [1.29, 1.82) is 0 Å². The number of amides is 1. The molecule has 2 aromatic rings. The molecule has 0 aliphatic rings. The Labute approximate surface area is 145 Å². The van der Waals surface area contributed by atoms with Crippen molar-refractivity contribution >= 4 is 40.5 Å². The fourth-order valence-electron chi connectivity index (χ4n) is 1.88. The minimum atomic E-state index is -0.222. The molecule has 5 nitrogen and oxygen atoms in total. The largest absolute Gasteiger partial charge is 0.353 e. The van der Waals surface area contributed by atoms with E-state index in [1.54, 1.807) is 36.5 Å². The van der Waals surface area contributed by atoms with E-state index in [0.29, 0.717) is 33.7 Å². The lowest BCUT2D eigenvalue weighted by Gasteiger charge is -2.12. The number of nitrogens with one attached hydrogen (secondary N) is 2. The Morgan fingerprint density at radius 3 is 2.57 bits per heavy atom. The Bertz CT molecular complexity index is 671. The quantitative estimate of drug-likeness (QED) is 0.836. The molecular formula is C16H18Cl2N4O. The highest BCUT2D eigenvalue weighted by molar-refractivity contribution is 6.39. The van der Waals surface area contributed by atoms with Gasteiger partial charge in [-0.2, -0.15) is 0 Å². The zero-order valence-corrected chi connectivity index (χ0v) is 14.4. The second-order valence-electron chi connectivity index (χ2n) is 5.21. The lowest BCUT2D eigenvalue weighted by Crippen LogP contribution is -2.31. The van der Waals surface area contributed by atoms with Gasteiger partial charge in [-0.15, -0.1) is 0 Å². The first kappa shape index (κ1) is 17.5. The molecule has 23 heavy (non-hydrogen) atoms. The number of para-hydroxylation sites is 1. The van der Waals surface area contributed by atoms with Gasteiger partial charge in [-0.3, -0.25) is 9.78 Å². The number of hydrogen-bond acceptors (Lipinski definition) is 4. The van der Waals surface area contributed by atoms with Crippen molar-refractivity contribution in [2.24, 2.45) is 0 Å². The van der Waals surface area contributed by atoms with Gasteiger partial charge < -0.3 is 15.5 Å². The van der Waals surface area contributed by atoms with Gasteiger partial charge >= 0.3 is 0 Å². The smallest absolute Gasteiger partial charge is 0.269 e. The highest BCUT2D eigenvalue weighted by Crippen LogP contribution is 2.32. The van der Waals surface area contributed by atoms with Gasteiger partial charge in [0.15, 0.2) is 0 Å². The predicted octanol–water partition coefficient (Wildman–Crippen LogP) is 3.42. The van der Waals surface area contributed by atoms with Crippen LogP contribution in [0.25, 0.3) is 0 Å². The van der Waals surface area contributed by atoms with E-state index in [4.69, 9.17) is 23.2 Å². The van der Waals surface area contributed by atoms with Crippen LogP contribution in [0.3, 0.4) is 0 Å². The molecule has 0 saturated carbocycles.